The Morgan fingerprint density at radius 2 is 2.27 bits per heavy atom. The van der Waals surface area contributed by atoms with E-state index in [0.29, 0.717) is 12.2 Å². The van der Waals surface area contributed by atoms with E-state index in [4.69, 9.17) is 4.74 Å². The second kappa shape index (κ2) is 5.26. The normalized spacial score (nSPS) is 12.3. The van der Waals surface area contributed by atoms with E-state index in [9.17, 15) is 9.18 Å². The van der Waals surface area contributed by atoms with Gasteiger partial charge in [-0.3, -0.25) is 4.79 Å². The summed E-state index contributed by atoms with van der Waals surface area (Å²) in [5.74, 6) is -0.192. The molecular weight excluding hydrogens is 263 g/mol. The summed E-state index contributed by atoms with van der Waals surface area (Å²) in [6.45, 7) is 1.88. The van der Waals surface area contributed by atoms with Crippen LogP contribution in [0.2, 0.25) is 0 Å². The number of Topliss-reactive ketones (excluding diaryl/α,β-unsaturated/α-hetero) is 1. The number of benzene rings is 1. The lowest BCUT2D eigenvalue weighted by Gasteiger charge is -2.10. The smallest absolute Gasteiger partial charge is 0.180 e. The number of carbonyl (C=O) groups excluding carboxylic acids is 1. The van der Waals surface area contributed by atoms with Crippen molar-refractivity contribution in [3.8, 4) is 5.75 Å². The number of ketones is 1. The van der Waals surface area contributed by atoms with E-state index in [2.05, 4.69) is 15.9 Å². The van der Waals surface area contributed by atoms with E-state index in [1.54, 1.807) is 0 Å². The Hall–Kier alpha value is -0.900. The van der Waals surface area contributed by atoms with Crippen molar-refractivity contribution in [3.63, 3.8) is 0 Å². The van der Waals surface area contributed by atoms with Crippen molar-refractivity contribution in [2.75, 3.05) is 7.11 Å². The summed E-state index contributed by atoms with van der Waals surface area (Å²) in [6.07, 6.45) is 0.651. The molecular formula is C11H12BrFO2. The largest absolute Gasteiger partial charge is 0.496 e. The van der Waals surface area contributed by atoms with Crippen molar-refractivity contribution in [3.05, 3.63) is 29.6 Å². The van der Waals surface area contributed by atoms with Crippen molar-refractivity contribution in [2.24, 2.45) is 0 Å². The molecule has 0 spiro atoms. The number of carbonyl (C=O) groups is 1. The van der Waals surface area contributed by atoms with Crippen LogP contribution >= 0.6 is 15.9 Å². The lowest BCUT2D eigenvalue weighted by atomic mass is 10.1. The molecule has 0 heterocycles. The summed E-state index contributed by atoms with van der Waals surface area (Å²) in [4.78, 5) is 11.5. The van der Waals surface area contributed by atoms with E-state index in [1.807, 2.05) is 6.92 Å². The Labute approximate surface area is 96.6 Å². The molecule has 82 valence electrons. The van der Waals surface area contributed by atoms with Gasteiger partial charge in [0.1, 0.15) is 11.6 Å². The maximum atomic E-state index is 13.0. The third-order valence-corrected chi connectivity index (χ3v) is 3.13. The van der Waals surface area contributed by atoms with Crippen LogP contribution < -0.4 is 4.74 Å². The monoisotopic (exact) mass is 274 g/mol. The molecule has 0 amide bonds. The fraction of sp³-hybridized carbons (Fsp3) is 0.364. The van der Waals surface area contributed by atoms with Crippen LogP contribution in [0.4, 0.5) is 4.39 Å². The lowest BCUT2D eigenvalue weighted by molar-refractivity contribution is 0.0987. The van der Waals surface area contributed by atoms with Crippen LogP contribution in [0.3, 0.4) is 0 Å². The summed E-state index contributed by atoms with van der Waals surface area (Å²) in [5, 5.41) is 0. The molecule has 1 atom stereocenters. The fourth-order valence-corrected chi connectivity index (χ4v) is 1.47. The first-order valence-corrected chi connectivity index (χ1v) is 5.53. The topological polar surface area (TPSA) is 26.3 Å². The molecule has 1 aromatic carbocycles. The molecule has 0 aliphatic rings. The number of rotatable bonds is 4. The maximum absolute atomic E-state index is 13.0. The molecule has 1 rings (SSSR count). The SMILES string of the molecule is CCC(Br)C(=O)c1cc(F)ccc1OC. The first-order chi connectivity index (χ1) is 7.10. The molecule has 0 aliphatic heterocycles. The number of ether oxygens (including phenoxy) is 1. The van der Waals surface area contributed by atoms with Crippen LogP contribution in [-0.4, -0.2) is 17.7 Å². The number of hydrogen-bond donors (Lipinski definition) is 0. The second-order valence-electron chi connectivity index (χ2n) is 3.08. The third kappa shape index (κ3) is 2.78. The summed E-state index contributed by atoms with van der Waals surface area (Å²) >= 11 is 3.24. The Morgan fingerprint density at radius 3 is 2.80 bits per heavy atom. The summed E-state index contributed by atoms with van der Waals surface area (Å²) < 4.78 is 18.0. The molecule has 0 bridgehead atoms. The highest BCUT2D eigenvalue weighted by molar-refractivity contribution is 9.10. The van der Waals surface area contributed by atoms with Gasteiger partial charge in [-0.15, -0.1) is 0 Å². The Balaban J connectivity index is 3.11. The van der Waals surface area contributed by atoms with Crippen LogP contribution in [0, 0.1) is 5.82 Å². The van der Waals surface area contributed by atoms with Gasteiger partial charge in [-0.25, -0.2) is 4.39 Å². The highest BCUT2D eigenvalue weighted by Crippen LogP contribution is 2.23. The number of halogens is 2. The van der Waals surface area contributed by atoms with E-state index in [-0.39, 0.29) is 16.2 Å². The molecule has 0 N–H and O–H groups in total. The predicted molar refractivity (Wildman–Crippen MR) is 60.3 cm³/mol. The minimum Gasteiger partial charge on any atom is -0.496 e. The molecule has 15 heavy (non-hydrogen) atoms. The predicted octanol–water partition coefficient (Wildman–Crippen LogP) is 3.19. The van der Waals surface area contributed by atoms with Gasteiger partial charge in [0.25, 0.3) is 0 Å². The first-order valence-electron chi connectivity index (χ1n) is 4.62. The van der Waals surface area contributed by atoms with Gasteiger partial charge < -0.3 is 4.74 Å². The Kier molecular flexibility index (Phi) is 4.27. The third-order valence-electron chi connectivity index (χ3n) is 2.07. The first kappa shape index (κ1) is 12.2. The molecule has 4 heteroatoms. The standard InChI is InChI=1S/C11H12BrFO2/c1-3-9(12)11(14)8-6-7(13)4-5-10(8)15-2/h4-6,9H,3H2,1-2H3. The van der Waals surface area contributed by atoms with E-state index < -0.39 is 5.82 Å². The molecule has 1 unspecified atom stereocenters. The number of methoxy groups -OCH3 is 1. The van der Waals surface area contributed by atoms with Gasteiger partial charge in [-0.2, -0.15) is 0 Å². The van der Waals surface area contributed by atoms with Gasteiger partial charge in [-0.05, 0) is 24.6 Å². The molecule has 0 aromatic heterocycles. The number of hydrogen-bond acceptors (Lipinski definition) is 2. The molecule has 0 saturated carbocycles. The maximum Gasteiger partial charge on any atom is 0.180 e. The fourth-order valence-electron chi connectivity index (χ4n) is 1.23. The van der Waals surface area contributed by atoms with Gasteiger partial charge >= 0.3 is 0 Å². The van der Waals surface area contributed by atoms with Crippen LogP contribution in [0.15, 0.2) is 18.2 Å². The van der Waals surface area contributed by atoms with Gasteiger partial charge in [0.05, 0.1) is 17.5 Å². The van der Waals surface area contributed by atoms with Crippen LogP contribution in [-0.2, 0) is 0 Å². The molecule has 0 aliphatic carbocycles. The molecule has 2 nitrogen and oxygen atoms in total. The second-order valence-corrected chi connectivity index (χ2v) is 4.19. The van der Waals surface area contributed by atoms with Gasteiger partial charge in [0.15, 0.2) is 5.78 Å². The average molecular weight is 275 g/mol. The highest BCUT2D eigenvalue weighted by atomic mass is 79.9. The Bertz CT molecular complexity index is 366. The summed E-state index contributed by atoms with van der Waals surface area (Å²) in [5.41, 5.74) is 0.279. The summed E-state index contributed by atoms with van der Waals surface area (Å²) in [6, 6.07) is 3.92. The van der Waals surface area contributed by atoms with Crippen LogP contribution in [0.1, 0.15) is 23.7 Å². The van der Waals surface area contributed by atoms with Crippen molar-refractivity contribution >= 4 is 21.7 Å². The van der Waals surface area contributed by atoms with E-state index in [1.165, 1.54) is 25.3 Å². The molecule has 1 aromatic rings. The van der Waals surface area contributed by atoms with Crippen molar-refractivity contribution in [2.45, 2.75) is 18.2 Å². The zero-order valence-electron chi connectivity index (χ0n) is 8.59. The lowest BCUT2D eigenvalue weighted by Crippen LogP contribution is -2.14. The minimum absolute atomic E-state index is 0.158. The zero-order valence-corrected chi connectivity index (χ0v) is 10.2. The molecule has 0 fully saturated rings. The quantitative estimate of drug-likeness (QED) is 0.623. The number of alkyl halides is 1. The van der Waals surface area contributed by atoms with Crippen molar-refractivity contribution < 1.29 is 13.9 Å². The van der Waals surface area contributed by atoms with Crippen LogP contribution in [0.25, 0.3) is 0 Å². The molecule has 0 saturated heterocycles. The van der Waals surface area contributed by atoms with Gasteiger partial charge in [0, 0.05) is 0 Å². The van der Waals surface area contributed by atoms with Gasteiger partial charge in [0.2, 0.25) is 0 Å². The van der Waals surface area contributed by atoms with Crippen LogP contribution in [0.5, 0.6) is 5.75 Å². The summed E-state index contributed by atoms with van der Waals surface area (Å²) in [7, 11) is 1.46. The zero-order chi connectivity index (χ0) is 11.4. The van der Waals surface area contributed by atoms with E-state index >= 15 is 0 Å². The molecule has 0 radical (unpaired) electrons. The van der Waals surface area contributed by atoms with Crippen molar-refractivity contribution in [1.82, 2.24) is 0 Å². The van der Waals surface area contributed by atoms with Crippen molar-refractivity contribution in [1.29, 1.82) is 0 Å². The van der Waals surface area contributed by atoms with Gasteiger partial charge in [-0.1, -0.05) is 22.9 Å². The average Bonchev–Trinajstić information content (AvgIpc) is 2.27. The Morgan fingerprint density at radius 1 is 1.60 bits per heavy atom. The van der Waals surface area contributed by atoms with E-state index in [0.717, 1.165) is 0 Å². The highest BCUT2D eigenvalue weighted by Gasteiger charge is 2.19. The minimum atomic E-state index is -0.435.